The van der Waals surface area contributed by atoms with E-state index in [9.17, 15) is 9.59 Å². The van der Waals surface area contributed by atoms with E-state index in [0.29, 0.717) is 12.8 Å². The standard InChI is InChI=1S/C17H23NO3/c19-16(11-9-14-6-2-1-3-7-14)18-13-5-4-8-15(18)10-12-17(20)21/h1-3,6-7,15H,4-5,8-13H2,(H,20,21)/t15-/m1/s1. The van der Waals surface area contributed by atoms with Gasteiger partial charge in [0.1, 0.15) is 0 Å². The van der Waals surface area contributed by atoms with Gasteiger partial charge in [-0.05, 0) is 37.7 Å². The highest BCUT2D eigenvalue weighted by atomic mass is 16.4. The molecule has 1 amide bonds. The van der Waals surface area contributed by atoms with Crippen molar-refractivity contribution in [3.63, 3.8) is 0 Å². The van der Waals surface area contributed by atoms with Crippen LogP contribution in [0.2, 0.25) is 0 Å². The molecule has 2 rings (SSSR count). The Morgan fingerprint density at radius 2 is 1.90 bits per heavy atom. The zero-order valence-electron chi connectivity index (χ0n) is 12.3. The Hall–Kier alpha value is -1.84. The largest absolute Gasteiger partial charge is 0.481 e. The van der Waals surface area contributed by atoms with Gasteiger partial charge in [0.05, 0.1) is 0 Å². The fourth-order valence-corrected chi connectivity index (χ4v) is 2.96. The monoisotopic (exact) mass is 289 g/mol. The Bertz CT molecular complexity index is 472. The SMILES string of the molecule is O=C(O)CC[C@H]1CCCCN1C(=O)CCc1ccccc1. The van der Waals surface area contributed by atoms with Gasteiger partial charge in [-0.25, -0.2) is 0 Å². The Morgan fingerprint density at radius 3 is 2.62 bits per heavy atom. The summed E-state index contributed by atoms with van der Waals surface area (Å²) < 4.78 is 0. The number of carbonyl (C=O) groups is 2. The van der Waals surface area contributed by atoms with Crippen LogP contribution in [0.4, 0.5) is 0 Å². The molecule has 0 unspecified atom stereocenters. The van der Waals surface area contributed by atoms with Crippen LogP contribution in [0, 0.1) is 0 Å². The van der Waals surface area contributed by atoms with E-state index in [1.165, 1.54) is 5.56 Å². The summed E-state index contributed by atoms with van der Waals surface area (Å²) in [4.78, 5) is 25.0. The van der Waals surface area contributed by atoms with Gasteiger partial charge in [-0.2, -0.15) is 0 Å². The summed E-state index contributed by atoms with van der Waals surface area (Å²) in [5.74, 6) is -0.619. The molecule has 1 fully saturated rings. The van der Waals surface area contributed by atoms with Crippen molar-refractivity contribution in [2.24, 2.45) is 0 Å². The summed E-state index contributed by atoms with van der Waals surface area (Å²) in [5, 5.41) is 8.82. The molecule has 0 saturated carbocycles. The minimum absolute atomic E-state index is 0.109. The number of rotatable bonds is 6. The number of carboxylic acids is 1. The van der Waals surface area contributed by atoms with Gasteiger partial charge in [0, 0.05) is 25.4 Å². The van der Waals surface area contributed by atoms with E-state index in [-0.39, 0.29) is 18.4 Å². The summed E-state index contributed by atoms with van der Waals surface area (Å²) in [7, 11) is 0. The van der Waals surface area contributed by atoms with Crippen molar-refractivity contribution in [2.45, 2.75) is 51.0 Å². The van der Waals surface area contributed by atoms with Crippen molar-refractivity contribution in [1.82, 2.24) is 4.90 Å². The van der Waals surface area contributed by atoms with Crippen LogP contribution in [0.5, 0.6) is 0 Å². The molecule has 0 aliphatic carbocycles. The number of aliphatic carboxylic acids is 1. The Kier molecular flexibility index (Phi) is 5.78. The maximum absolute atomic E-state index is 12.4. The van der Waals surface area contributed by atoms with Crippen molar-refractivity contribution < 1.29 is 14.7 Å². The fraction of sp³-hybridized carbons (Fsp3) is 0.529. The van der Waals surface area contributed by atoms with E-state index < -0.39 is 5.97 Å². The number of benzene rings is 1. The van der Waals surface area contributed by atoms with Crippen LogP contribution in [0.3, 0.4) is 0 Å². The van der Waals surface area contributed by atoms with Crippen molar-refractivity contribution in [2.75, 3.05) is 6.54 Å². The number of piperidine rings is 1. The first kappa shape index (κ1) is 15.5. The minimum atomic E-state index is -0.780. The van der Waals surface area contributed by atoms with Gasteiger partial charge in [-0.15, -0.1) is 0 Å². The number of aryl methyl sites for hydroxylation is 1. The molecule has 1 heterocycles. The maximum atomic E-state index is 12.4. The van der Waals surface area contributed by atoms with Crippen LogP contribution in [0.25, 0.3) is 0 Å². The zero-order chi connectivity index (χ0) is 15.1. The molecule has 0 aromatic heterocycles. The highest BCUT2D eigenvalue weighted by molar-refractivity contribution is 5.77. The van der Waals surface area contributed by atoms with Gasteiger partial charge in [0.15, 0.2) is 0 Å². The van der Waals surface area contributed by atoms with E-state index in [1.807, 2.05) is 35.2 Å². The van der Waals surface area contributed by atoms with E-state index in [1.54, 1.807) is 0 Å². The normalized spacial score (nSPS) is 18.5. The average molecular weight is 289 g/mol. The lowest BCUT2D eigenvalue weighted by Gasteiger charge is -2.35. The predicted molar refractivity (Wildman–Crippen MR) is 81.0 cm³/mol. The molecular weight excluding hydrogens is 266 g/mol. The zero-order valence-corrected chi connectivity index (χ0v) is 12.3. The molecule has 1 atom stereocenters. The quantitative estimate of drug-likeness (QED) is 0.876. The van der Waals surface area contributed by atoms with Crippen LogP contribution in [0.1, 0.15) is 44.1 Å². The van der Waals surface area contributed by atoms with Crippen LogP contribution in [-0.2, 0) is 16.0 Å². The number of carboxylic acid groups (broad SMARTS) is 1. The minimum Gasteiger partial charge on any atom is -0.481 e. The number of carbonyl (C=O) groups excluding carboxylic acids is 1. The molecule has 1 aromatic rings. The van der Waals surface area contributed by atoms with Crippen molar-refractivity contribution in [3.8, 4) is 0 Å². The highest BCUT2D eigenvalue weighted by Gasteiger charge is 2.26. The fourth-order valence-electron chi connectivity index (χ4n) is 2.96. The lowest BCUT2D eigenvalue weighted by atomic mass is 9.97. The molecular formula is C17H23NO3. The summed E-state index contributed by atoms with van der Waals surface area (Å²) in [6.07, 6.45) is 5.03. The van der Waals surface area contributed by atoms with Gasteiger partial charge < -0.3 is 10.0 Å². The van der Waals surface area contributed by atoms with Gasteiger partial charge in [-0.3, -0.25) is 9.59 Å². The third kappa shape index (κ3) is 4.88. The first-order chi connectivity index (χ1) is 10.2. The Labute approximate surface area is 125 Å². The van der Waals surface area contributed by atoms with E-state index in [2.05, 4.69) is 0 Å². The number of likely N-dealkylation sites (tertiary alicyclic amines) is 1. The van der Waals surface area contributed by atoms with Crippen LogP contribution >= 0.6 is 0 Å². The van der Waals surface area contributed by atoms with E-state index in [0.717, 1.165) is 32.2 Å². The second-order valence-corrected chi connectivity index (χ2v) is 5.65. The third-order valence-electron chi connectivity index (χ3n) is 4.11. The molecule has 0 radical (unpaired) electrons. The molecule has 1 aromatic carbocycles. The molecule has 1 aliphatic heterocycles. The van der Waals surface area contributed by atoms with Gasteiger partial charge in [0.2, 0.25) is 5.91 Å². The molecule has 21 heavy (non-hydrogen) atoms. The number of nitrogens with zero attached hydrogens (tertiary/aromatic N) is 1. The van der Waals surface area contributed by atoms with E-state index in [4.69, 9.17) is 5.11 Å². The topological polar surface area (TPSA) is 57.6 Å². The number of amides is 1. The van der Waals surface area contributed by atoms with Crippen LogP contribution in [-0.4, -0.2) is 34.5 Å². The molecule has 1 N–H and O–H groups in total. The molecule has 1 aliphatic rings. The predicted octanol–water partition coefficient (Wildman–Crippen LogP) is 2.87. The highest BCUT2D eigenvalue weighted by Crippen LogP contribution is 2.22. The van der Waals surface area contributed by atoms with Crippen LogP contribution < -0.4 is 0 Å². The molecule has 4 heteroatoms. The summed E-state index contributed by atoms with van der Waals surface area (Å²) in [6, 6.07) is 10.1. The van der Waals surface area contributed by atoms with Gasteiger partial charge >= 0.3 is 5.97 Å². The Balaban J connectivity index is 1.87. The van der Waals surface area contributed by atoms with Crippen molar-refractivity contribution >= 4 is 11.9 Å². The average Bonchev–Trinajstić information content (AvgIpc) is 2.52. The molecule has 0 spiro atoms. The second-order valence-electron chi connectivity index (χ2n) is 5.65. The lowest BCUT2D eigenvalue weighted by Crippen LogP contribution is -2.44. The molecule has 1 saturated heterocycles. The first-order valence-electron chi connectivity index (χ1n) is 7.72. The van der Waals surface area contributed by atoms with Crippen molar-refractivity contribution in [3.05, 3.63) is 35.9 Å². The summed E-state index contributed by atoms with van der Waals surface area (Å²) in [6.45, 7) is 0.776. The summed E-state index contributed by atoms with van der Waals surface area (Å²) in [5.41, 5.74) is 1.17. The Morgan fingerprint density at radius 1 is 1.14 bits per heavy atom. The van der Waals surface area contributed by atoms with Crippen molar-refractivity contribution in [1.29, 1.82) is 0 Å². The lowest BCUT2D eigenvalue weighted by molar-refractivity contribution is -0.140. The van der Waals surface area contributed by atoms with E-state index >= 15 is 0 Å². The maximum Gasteiger partial charge on any atom is 0.303 e. The first-order valence-corrected chi connectivity index (χ1v) is 7.72. The number of hydrogen-bond donors (Lipinski definition) is 1. The summed E-state index contributed by atoms with van der Waals surface area (Å²) >= 11 is 0. The molecule has 4 nitrogen and oxygen atoms in total. The number of hydrogen-bond acceptors (Lipinski definition) is 2. The second kappa shape index (κ2) is 7.81. The van der Waals surface area contributed by atoms with Gasteiger partial charge in [0.25, 0.3) is 0 Å². The molecule has 114 valence electrons. The molecule has 0 bridgehead atoms. The van der Waals surface area contributed by atoms with Gasteiger partial charge in [-0.1, -0.05) is 30.3 Å². The van der Waals surface area contributed by atoms with Crippen LogP contribution in [0.15, 0.2) is 30.3 Å². The third-order valence-corrected chi connectivity index (χ3v) is 4.11. The smallest absolute Gasteiger partial charge is 0.303 e.